The maximum Gasteiger partial charge on any atom is 0.307 e. The Hall–Kier alpha value is -2.16. The molecule has 0 aliphatic carbocycles. The topological polar surface area (TPSA) is 88.2 Å². The maximum absolute atomic E-state index is 13.3. The summed E-state index contributed by atoms with van der Waals surface area (Å²) in [6.07, 6.45) is 32.0. The average Bonchev–Trinajstić information content (AvgIpc) is 3.52. The van der Waals surface area contributed by atoms with E-state index < -0.39 is 0 Å². The minimum absolute atomic E-state index is 0.0187. The first kappa shape index (κ1) is 45.9. The van der Waals surface area contributed by atoms with Gasteiger partial charge in [-0.05, 0) is 64.7 Å². The maximum atomic E-state index is 13.3. The van der Waals surface area contributed by atoms with Crippen molar-refractivity contribution in [3.8, 4) is 0 Å². The average molecular weight is 722 g/mol. The van der Waals surface area contributed by atoms with Gasteiger partial charge in [-0.3, -0.25) is 14.4 Å². The first-order valence-corrected chi connectivity index (χ1v) is 21.5. The standard InChI is InChI=1S/C41H75N3O5S/c1-5-8-11-14-15-18-24-35-48-39(45)28-22-19-23-31-44(41(47)50-36-25-32-43-34-30-42-37(43)4)33-29-40(46)49-38(26-20-16-12-9-6-2)27-21-17-13-10-7-3/h18,24,30,34,37-38,42H,5-17,19-23,25-29,31-33,35-36H2,1-4H3/b24-18-. The van der Waals surface area contributed by atoms with Gasteiger partial charge < -0.3 is 24.6 Å². The van der Waals surface area contributed by atoms with Gasteiger partial charge in [0.2, 0.25) is 0 Å². The van der Waals surface area contributed by atoms with Crippen LogP contribution in [-0.2, 0) is 19.1 Å². The summed E-state index contributed by atoms with van der Waals surface area (Å²) < 4.78 is 11.4. The van der Waals surface area contributed by atoms with Gasteiger partial charge in [0, 0.05) is 44.2 Å². The summed E-state index contributed by atoms with van der Waals surface area (Å²) in [5, 5.41) is 3.29. The minimum Gasteiger partial charge on any atom is -0.462 e. The fraction of sp³-hybridized carbons (Fsp3) is 0.829. The van der Waals surface area contributed by atoms with Crippen LogP contribution in [0.25, 0.3) is 0 Å². The fourth-order valence-corrected chi connectivity index (χ4v) is 6.90. The van der Waals surface area contributed by atoms with Crippen molar-refractivity contribution >= 4 is 28.9 Å². The molecule has 0 radical (unpaired) electrons. The Balaban J connectivity index is 2.55. The molecule has 0 saturated heterocycles. The highest BCUT2D eigenvalue weighted by Crippen LogP contribution is 2.19. The third-order valence-corrected chi connectivity index (χ3v) is 10.3. The molecule has 8 nitrogen and oxygen atoms in total. The summed E-state index contributed by atoms with van der Waals surface area (Å²) in [6, 6.07) is 0. The number of carbonyl (C=O) groups excluding carboxylic acids is 3. The number of unbranched alkanes of at least 4 members (excludes halogenated alkanes) is 14. The van der Waals surface area contributed by atoms with Gasteiger partial charge >= 0.3 is 11.9 Å². The van der Waals surface area contributed by atoms with Gasteiger partial charge in [-0.15, -0.1) is 0 Å². The Bertz CT molecular complexity index is 901. The molecule has 0 aromatic heterocycles. The molecule has 0 spiro atoms. The second-order valence-electron chi connectivity index (χ2n) is 13.9. The largest absolute Gasteiger partial charge is 0.462 e. The molecule has 0 saturated carbocycles. The number of allylic oxidation sites excluding steroid dienone is 1. The lowest BCUT2D eigenvalue weighted by atomic mass is 10.0. The van der Waals surface area contributed by atoms with Crippen molar-refractivity contribution in [1.29, 1.82) is 0 Å². The fourth-order valence-electron chi connectivity index (χ4n) is 6.08. The van der Waals surface area contributed by atoms with E-state index in [-0.39, 0.29) is 35.9 Å². The summed E-state index contributed by atoms with van der Waals surface area (Å²) in [6.45, 7) is 11.0. The van der Waals surface area contributed by atoms with Crippen molar-refractivity contribution in [1.82, 2.24) is 15.1 Å². The molecular weight excluding hydrogens is 647 g/mol. The van der Waals surface area contributed by atoms with Crippen molar-refractivity contribution in [2.24, 2.45) is 0 Å². The van der Waals surface area contributed by atoms with Crippen LogP contribution in [0.15, 0.2) is 24.6 Å². The normalized spacial score (nSPS) is 14.1. The predicted octanol–water partition coefficient (Wildman–Crippen LogP) is 10.9. The van der Waals surface area contributed by atoms with Crippen molar-refractivity contribution < 1.29 is 23.9 Å². The van der Waals surface area contributed by atoms with Gasteiger partial charge in [-0.1, -0.05) is 122 Å². The first-order valence-electron chi connectivity index (χ1n) is 20.5. The quantitative estimate of drug-likeness (QED) is 0.0407. The summed E-state index contributed by atoms with van der Waals surface area (Å²) >= 11 is 1.34. The predicted molar refractivity (Wildman–Crippen MR) is 211 cm³/mol. The molecule has 290 valence electrons. The molecule has 1 rings (SSSR count). The third-order valence-electron chi connectivity index (χ3n) is 9.33. The smallest absolute Gasteiger partial charge is 0.307 e. The number of esters is 2. The first-order chi connectivity index (χ1) is 24.4. The zero-order valence-corrected chi connectivity index (χ0v) is 33.4. The summed E-state index contributed by atoms with van der Waals surface area (Å²) in [4.78, 5) is 42.7. The Morgan fingerprint density at radius 2 is 1.40 bits per heavy atom. The second kappa shape index (κ2) is 32.7. The number of thioether (sulfide) groups is 1. The van der Waals surface area contributed by atoms with E-state index in [1.807, 2.05) is 17.2 Å². The zero-order valence-electron chi connectivity index (χ0n) is 32.6. The van der Waals surface area contributed by atoms with Crippen LogP contribution in [-0.4, -0.2) is 71.2 Å². The van der Waals surface area contributed by atoms with Crippen LogP contribution in [0.5, 0.6) is 0 Å². The molecule has 1 heterocycles. The number of rotatable bonds is 33. The number of hydrogen-bond acceptors (Lipinski definition) is 8. The number of hydrogen-bond donors (Lipinski definition) is 1. The molecule has 1 amide bonds. The zero-order chi connectivity index (χ0) is 36.5. The Morgan fingerprint density at radius 1 is 0.760 bits per heavy atom. The molecule has 1 unspecified atom stereocenters. The Labute approximate surface area is 311 Å². The molecule has 1 aliphatic heterocycles. The Kier molecular flexibility index (Phi) is 30.0. The molecule has 0 aromatic carbocycles. The van der Waals surface area contributed by atoms with Crippen molar-refractivity contribution in [3.05, 3.63) is 24.6 Å². The summed E-state index contributed by atoms with van der Waals surface area (Å²) in [5.74, 6) is 0.364. The van der Waals surface area contributed by atoms with Crippen LogP contribution in [0.3, 0.4) is 0 Å². The second-order valence-corrected chi connectivity index (χ2v) is 15.0. The van der Waals surface area contributed by atoms with Gasteiger partial charge in [-0.25, -0.2) is 0 Å². The Morgan fingerprint density at radius 3 is 2.04 bits per heavy atom. The highest BCUT2D eigenvalue weighted by atomic mass is 32.2. The molecule has 1 atom stereocenters. The van der Waals surface area contributed by atoms with Crippen molar-refractivity contribution in [3.63, 3.8) is 0 Å². The molecule has 1 aliphatic rings. The molecule has 9 heteroatoms. The number of ether oxygens (including phenoxy) is 2. The summed E-state index contributed by atoms with van der Waals surface area (Å²) in [5.41, 5.74) is 0. The van der Waals surface area contributed by atoms with Crippen LogP contribution >= 0.6 is 11.8 Å². The molecule has 50 heavy (non-hydrogen) atoms. The van der Waals surface area contributed by atoms with E-state index in [1.54, 1.807) is 0 Å². The highest BCUT2D eigenvalue weighted by Gasteiger charge is 2.19. The van der Waals surface area contributed by atoms with Crippen molar-refractivity contribution in [2.75, 3.05) is 32.0 Å². The van der Waals surface area contributed by atoms with Gasteiger partial charge in [0.25, 0.3) is 5.24 Å². The molecule has 0 bridgehead atoms. The lowest BCUT2D eigenvalue weighted by Crippen LogP contribution is -2.33. The highest BCUT2D eigenvalue weighted by molar-refractivity contribution is 8.13. The van der Waals surface area contributed by atoms with E-state index in [0.29, 0.717) is 26.1 Å². The minimum atomic E-state index is -0.194. The van der Waals surface area contributed by atoms with E-state index in [9.17, 15) is 14.4 Å². The molecular formula is C41H75N3O5S. The van der Waals surface area contributed by atoms with E-state index in [0.717, 1.165) is 70.1 Å². The number of amides is 1. The lowest BCUT2D eigenvalue weighted by molar-refractivity contribution is -0.150. The third kappa shape index (κ3) is 25.7. The van der Waals surface area contributed by atoms with Crippen LogP contribution in [0.4, 0.5) is 4.79 Å². The molecule has 0 fully saturated rings. The van der Waals surface area contributed by atoms with E-state index in [1.165, 1.54) is 88.8 Å². The van der Waals surface area contributed by atoms with E-state index in [2.05, 4.69) is 50.2 Å². The number of carbonyl (C=O) groups is 3. The van der Waals surface area contributed by atoms with Crippen LogP contribution in [0, 0.1) is 0 Å². The van der Waals surface area contributed by atoms with E-state index >= 15 is 0 Å². The lowest BCUT2D eigenvalue weighted by Gasteiger charge is -2.24. The van der Waals surface area contributed by atoms with E-state index in [4.69, 9.17) is 9.47 Å². The van der Waals surface area contributed by atoms with Gasteiger partial charge in [0.05, 0.1) is 12.6 Å². The van der Waals surface area contributed by atoms with Gasteiger partial charge in [0.15, 0.2) is 0 Å². The molecule has 1 N–H and O–H groups in total. The van der Waals surface area contributed by atoms with Crippen molar-refractivity contribution in [2.45, 2.75) is 188 Å². The summed E-state index contributed by atoms with van der Waals surface area (Å²) in [7, 11) is 0. The number of nitrogens with zero attached hydrogens (tertiary/aromatic N) is 2. The van der Waals surface area contributed by atoms with Crippen LogP contribution in [0.1, 0.15) is 175 Å². The monoisotopic (exact) mass is 722 g/mol. The van der Waals surface area contributed by atoms with Crippen LogP contribution < -0.4 is 5.32 Å². The van der Waals surface area contributed by atoms with Gasteiger partial charge in [0.1, 0.15) is 12.7 Å². The van der Waals surface area contributed by atoms with Crippen LogP contribution in [0.2, 0.25) is 0 Å². The SMILES string of the molecule is CCCCCC/C=C\COC(=O)CCCCCN(CCC(=O)OC(CCCCCCC)CCCCCCC)C(=O)SCCCN1C=CNC1C. The molecule has 0 aromatic rings. The number of nitrogens with one attached hydrogen (secondary N) is 1. The van der Waals surface area contributed by atoms with Gasteiger partial charge in [-0.2, -0.15) is 0 Å².